The summed E-state index contributed by atoms with van der Waals surface area (Å²) in [5.74, 6) is 0. The molecule has 0 aromatic rings. The van der Waals surface area contributed by atoms with Crippen molar-refractivity contribution < 1.29 is 4.48 Å². The molecule has 0 N–H and O–H groups in total. The molecule has 0 radical (unpaired) electrons. The Balaban J connectivity index is 2.49. The van der Waals surface area contributed by atoms with Gasteiger partial charge in [0.25, 0.3) is 0 Å². The predicted octanol–water partition coefficient (Wildman–Crippen LogP) is 4.66. The molecular formula is C16H30N+. The molecule has 0 saturated carbocycles. The van der Waals surface area contributed by atoms with Gasteiger partial charge < -0.3 is 0 Å². The maximum Gasteiger partial charge on any atom is 0.102 e. The highest BCUT2D eigenvalue weighted by Gasteiger charge is 2.24. The summed E-state index contributed by atoms with van der Waals surface area (Å²) in [6.07, 6.45) is 15.4. The molecule has 0 aromatic heterocycles. The van der Waals surface area contributed by atoms with E-state index in [4.69, 9.17) is 0 Å². The van der Waals surface area contributed by atoms with Gasteiger partial charge in [0.15, 0.2) is 0 Å². The first-order chi connectivity index (χ1) is 8.22. The molecule has 0 aromatic carbocycles. The molecule has 1 heteroatoms. The van der Waals surface area contributed by atoms with Gasteiger partial charge in [-0.2, -0.15) is 0 Å². The molecule has 1 heterocycles. The van der Waals surface area contributed by atoms with Gasteiger partial charge in [0.2, 0.25) is 0 Å². The van der Waals surface area contributed by atoms with Crippen LogP contribution in [0, 0.1) is 0 Å². The number of hydrogen-bond donors (Lipinski definition) is 0. The monoisotopic (exact) mass is 236 g/mol. The van der Waals surface area contributed by atoms with E-state index in [-0.39, 0.29) is 0 Å². The quantitative estimate of drug-likeness (QED) is 0.425. The van der Waals surface area contributed by atoms with Crippen LogP contribution in [0.15, 0.2) is 23.9 Å². The highest BCUT2D eigenvalue weighted by molar-refractivity contribution is 5.16. The Morgan fingerprint density at radius 2 is 1.59 bits per heavy atom. The zero-order valence-corrected chi connectivity index (χ0v) is 12.0. The van der Waals surface area contributed by atoms with Crippen molar-refractivity contribution in [3.05, 3.63) is 23.9 Å². The van der Waals surface area contributed by atoms with E-state index >= 15 is 0 Å². The second-order valence-electron chi connectivity index (χ2n) is 5.53. The molecule has 0 atom stereocenters. The average Bonchev–Trinajstić information content (AvgIpc) is 2.34. The lowest BCUT2D eigenvalue weighted by atomic mass is 10.1. The number of allylic oxidation sites excluding steroid dienone is 2. The molecule has 0 aliphatic carbocycles. The second-order valence-corrected chi connectivity index (χ2v) is 5.53. The molecule has 1 rings (SSSR count). The molecule has 17 heavy (non-hydrogen) atoms. The van der Waals surface area contributed by atoms with Gasteiger partial charge in [0, 0.05) is 0 Å². The highest BCUT2D eigenvalue weighted by atomic mass is 15.3. The molecule has 1 aliphatic rings. The minimum atomic E-state index is 1.21. The van der Waals surface area contributed by atoms with Crippen molar-refractivity contribution in [1.82, 2.24) is 0 Å². The molecule has 98 valence electrons. The number of rotatable bonds is 8. The van der Waals surface area contributed by atoms with Gasteiger partial charge in [-0.25, -0.2) is 0 Å². The summed E-state index contributed by atoms with van der Waals surface area (Å²) >= 11 is 0. The van der Waals surface area contributed by atoms with E-state index in [1.54, 1.807) is 0 Å². The van der Waals surface area contributed by atoms with Crippen molar-refractivity contribution in [2.24, 2.45) is 0 Å². The first-order valence-corrected chi connectivity index (χ1v) is 7.44. The van der Waals surface area contributed by atoms with Crippen LogP contribution in [0.4, 0.5) is 0 Å². The van der Waals surface area contributed by atoms with Crippen LogP contribution in [0.2, 0.25) is 0 Å². The SMILES string of the molecule is CCCCC[N+]1(CCCCC)C=CC(C)=CC1. The van der Waals surface area contributed by atoms with Crippen LogP contribution in [0.5, 0.6) is 0 Å². The zero-order valence-electron chi connectivity index (χ0n) is 12.0. The van der Waals surface area contributed by atoms with Gasteiger partial charge in [-0.1, -0.05) is 26.7 Å². The fourth-order valence-corrected chi connectivity index (χ4v) is 2.53. The van der Waals surface area contributed by atoms with Gasteiger partial charge in [-0.15, -0.1) is 0 Å². The Hall–Kier alpha value is -0.560. The minimum absolute atomic E-state index is 1.21. The van der Waals surface area contributed by atoms with E-state index < -0.39 is 0 Å². The molecule has 0 saturated heterocycles. The van der Waals surface area contributed by atoms with Crippen LogP contribution in [0.1, 0.15) is 59.3 Å². The molecule has 0 unspecified atom stereocenters. The normalized spacial score (nSPS) is 18.2. The average molecular weight is 236 g/mol. The van der Waals surface area contributed by atoms with Crippen LogP contribution in [-0.2, 0) is 0 Å². The third-order valence-corrected chi connectivity index (χ3v) is 3.84. The fourth-order valence-electron chi connectivity index (χ4n) is 2.53. The molecule has 1 aliphatic heterocycles. The first kappa shape index (κ1) is 14.5. The number of unbranched alkanes of at least 4 members (excludes halogenated alkanes) is 4. The Kier molecular flexibility index (Phi) is 6.57. The summed E-state index contributed by atoms with van der Waals surface area (Å²) in [4.78, 5) is 0. The summed E-state index contributed by atoms with van der Waals surface area (Å²) in [7, 11) is 0. The lowest BCUT2D eigenvalue weighted by molar-refractivity contribution is -0.875. The topological polar surface area (TPSA) is 0 Å². The maximum atomic E-state index is 2.46. The van der Waals surface area contributed by atoms with Crippen LogP contribution < -0.4 is 0 Å². The smallest absolute Gasteiger partial charge is 0.102 e. The van der Waals surface area contributed by atoms with Gasteiger partial charge in [-0.3, -0.25) is 4.48 Å². The van der Waals surface area contributed by atoms with Crippen LogP contribution in [-0.4, -0.2) is 24.1 Å². The first-order valence-electron chi connectivity index (χ1n) is 7.44. The molecule has 0 bridgehead atoms. The van der Waals surface area contributed by atoms with Crippen molar-refractivity contribution in [3.63, 3.8) is 0 Å². The van der Waals surface area contributed by atoms with Gasteiger partial charge in [0.05, 0.1) is 19.3 Å². The van der Waals surface area contributed by atoms with E-state index in [1.807, 2.05) is 0 Å². The molecule has 0 amide bonds. The van der Waals surface area contributed by atoms with Crippen LogP contribution >= 0.6 is 0 Å². The second kappa shape index (κ2) is 7.71. The van der Waals surface area contributed by atoms with Crippen molar-refractivity contribution in [2.75, 3.05) is 19.6 Å². The summed E-state index contributed by atoms with van der Waals surface area (Å²) in [5, 5.41) is 0. The third-order valence-electron chi connectivity index (χ3n) is 3.84. The summed E-state index contributed by atoms with van der Waals surface area (Å²) in [6.45, 7) is 10.7. The Labute approximate surface area is 108 Å². The summed E-state index contributed by atoms with van der Waals surface area (Å²) < 4.78 is 1.21. The van der Waals surface area contributed by atoms with Gasteiger partial charge in [-0.05, 0) is 50.3 Å². The van der Waals surface area contributed by atoms with Gasteiger partial charge >= 0.3 is 0 Å². The summed E-state index contributed by atoms with van der Waals surface area (Å²) in [6, 6.07) is 0. The number of hydrogen-bond acceptors (Lipinski definition) is 0. The molecule has 0 fully saturated rings. The largest absolute Gasteiger partial charge is 0.294 e. The van der Waals surface area contributed by atoms with Crippen LogP contribution in [0.25, 0.3) is 0 Å². The number of quaternary nitrogens is 1. The molecule has 0 spiro atoms. The highest BCUT2D eigenvalue weighted by Crippen LogP contribution is 2.20. The van der Waals surface area contributed by atoms with E-state index in [1.165, 1.54) is 68.2 Å². The van der Waals surface area contributed by atoms with E-state index in [0.717, 1.165) is 0 Å². The molecular weight excluding hydrogens is 206 g/mol. The van der Waals surface area contributed by atoms with Crippen molar-refractivity contribution in [3.8, 4) is 0 Å². The molecule has 1 nitrogen and oxygen atoms in total. The fraction of sp³-hybridized carbons (Fsp3) is 0.750. The Morgan fingerprint density at radius 1 is 1.00 bits per heavy atom. The zero-order chi connectivity index (χ0) is 12.6. The standard InChI is InChI=1S/C16H30N/c1-4-6-8-12-17(13-9-7-5-2)14-10-16(3)11-15-17/h10-11,14H,4-9,12-13,15H2,1-3H3/q+1. The minimum Gasteiger partial charge on any atom is -0.294 e. The van der Waals surface area contributed by atoms with Crippen molar-refractivity contribution >= 4 is 0 Å². The van der Waals surface area contributed by atoms with E-state index in [9.17, 15) is 0 Å². The van der Waals surface area contributed by atoms with Crippen LogP contribution in [0.3, 0.4) is 0 Å². The Morgan fingerprint density at radius 3 is 2.00 bits per heavy atom. The third kappa shape index (κ3) is 5.08. The van der Waals surface area contributed by atoms with Gasteiger partial charge in [0.1, 0.15) is 6.54 Å². The lowest BCUT2D eigenvalue weighted by Gasteiger charge is -2.36. The maximum absolute atomic E-state index is 2.46. The Bertz CT molecular complexity index is 253. The van der Waals surface area contributed by atoms with Crippen molar-refractivity contribution in [2.45, 2.75) is 59.3 Å². The van der Waals surface area contributed by atoms with E-state index in [2.05, 4.69) is 39.1 Å². The van der Waals surface area contributed by atoms with E-state index in [0.29, 0.717) is 0 Å². The summed E-state index contributed by atoms with van der Waals surface area (Å²) in [5.41, 5.74) is 1.43. The predicted molar refractivity (Wildman–Crippen MR) is 76.8 cm³/mol. The van der Waals surface area contributed by atoms with Crippen molar-refractivity contribution in [1.29, 1.82) is 0 Å². The lowest BCUT2D eigenvalue weighted by Crippen LogP contribution is -2.45. The number of nitrogens with zero attached hydrogens (tertiary/aromatic N) is 1.